The zero-order chi connectivity index (χ0) is 14.6. The molecule has 1 N–H and O–H groups in total. The molecular weight excluding hydrogens is 258 g/mol. The molecule has 2 unspecified atom stereocenters. The van der Waals surface area contributed by atoms with Crippen molar-refractivity contribution in [2.24, 2.45) is 5.41 Å². The zero-order valence-corrected chi connectivity index (χ0v) is 12.3. The molecule has 2 heterocycles. The largest absolute Gasteiger partial charge is 0.481 e. The van der Waals surface area contributed by atoms with Crippen LogP contribution in [0.5, 0.6) is 0 Å². The van der Waals surface area contributed by atoms with Crippen LogP contribution in [0.4, 0.5) is 0 Å². The fourth-order valence-corrected chi connectivity index (χ4v) is 3.36. The second-order valence-electron chi connectivity index (χ2n) is 6.07. The van der Waals surface area contributed by atoms with Crippen molar-refractivity contribution in [1.29, 1.82) is 0 Å². The van der Waals surface area contributed by atoms with Crippen LogP contribution < -0.4 is 0 Å². The third kappa shape index (κ3) is 3.32. The Bertz CT molecular complexity index is 365. The molecule has 0 spiro atoms. The highest BCUT2D eigenvalue weighted by molar-refractivity contribution is 5.80. The van der Waals surface area contributed by atoms with Crippen molar-refractivity contribution in [2.45, 2.75) is 58.0 Å². The topological polar surface area (TPSA) is 66.8 Å². The lowest BCUT2D eigenvalue weighted by atomic mass is 9.83. The molecule has 0 aromatic heterocycles. The molecule has 0 aliphatic carbocycles. The van der Waals surface area contributed by atoms with Crippen molar-refractivity contribution in [3.8, 4) is 0 Å². The number of hydrogen-bond acceptors (Lipinski definition) is 3. The van der Waals surface area contributed by atoms with Gasteiger partial charge in [-0.3, -0.25) is 9.59 Å². The van der Waals surface area contributed by atoms with Gasteiger partial charge in [-0.25, -0.2) is 0 Å². The van der Waals surface area contributed by atoms with Crippen LogP contribution in [-0.4, -0.2) is 47.7 Å². The van der Waals surface area contributed by atoms with Crippen molar-refractivity contribution in [2.75, 3.05) is 19.7 Å². The van der Waals surface area contributed by atoms with Gasteiger partial charge in [-0.15, -0.1) is 0 Å². The minimum atomic E-state index is -0.756. The summed E-state index contributed by atoms with van der Waals surface area (Å²) in [6.45, 7) is 3.75. The van der Waals surface area contributed by atoms with E-state index in [4.69, 9.17) is 4.74 Å². The molecular formula is C15H25NO4. The fraction of sp³-hybridized carbons (Fsp3) is 0.867. The van der Waals surface area contributed by atoms with E-state index in [1.165, 1.54) is 0 Å². The van der Waals surface area contributed by atoms with E-state index in [-0.39, 0.29) is 12.0 Å². The lowest BCUT2D eigenvalue weighted by molar-refractivity contribution is -0.149. The summed E-state index contributed by atoms with van der Waals surface area (Å²) in [6.07, 6.45) is 5.67. The van der Waals surface area contributed by atoms with Crippen LogP contribution >= 0.6 is 0 Å². The van der Waals surface area contributed by atoms with Crippen LogP contribution in [0.25, 0.3) is 0 Å². The van der Waals surface area contributed by atoms with Gasteiger partial charge in [0.2, 0.25) is 5.91 Å². The highest BCUT2D eigenvalue weighted by Crippen LogP contribution is 2.36. The van der Waals surface area contributed by atoms with Gasteiger partial charge in [-0.1, -0.05) is 13.3 Å². The average molecular weight is 283 g/mol. The number of nitrogens with zero attached hydrogens (tertiary/aromatic N) is 1. The summed E-state index contributed by atoms with van der Waals surface area (Å²) in [6, 6.07) is 0. The van der Waals surface area contributed by atoms with Crippen molar-refractivity contribution in [1.82, 2.24) is 4.90 Å². The van der Waals surface area contributed by atoms with E-state index in [1.807, 2.05) is 6.92 Å². The molecule has 20 heavy (non-hydrogen) atoms. The number of likely N-dealkylation sites (tertiary alicyclic amines) is 1. The second-order valence-corrected chi connectivity index (χ2v) is 6.07. The van der Waals surface area contributed by atoms with E-state index in [0.29, 0.717) is 32.4 Å². The molecule has 5 heteroatoms. The van der Waals surface area contributed by atoms with E-state index in [1.54, 1.807) is 4.90 Å². The van der Waals surface area contributed by atoms with E-state index in [2.05, 4.69) is 0 Å². The fourth-order valence-electron chi connectivity index (χ4n) is 3.36. The maximum absolute atomic E-state index is 12.2. The normalized spacial score (nSPS) is 29.9. The summed E-state index contributed by atoms with van der Waals surface area (Å²) < 4.78 is 5.52. The van der Waals surface area contributed by atoms with Gasteiger partial charge >= 0.3 is 5.97 Å². The van der Waals surface area contributed by atoms with E-state index in [0.717, 1.165) is 32.3 Å². The number of hydrogen-bond donors (Lipinski definition) is 1. The Morgan fingerprint density at radius 3 is 2.85 bits per heavy atom. The standard InChI is InChI=1S/C15H25NO4/c1-2-7-15(14(18)19)8-9-16(11-15)13(17)6-5-12-4-3-10-20-12/h12H,2-11H2,1H3,(H,18,19). The Balaban J connectivity index is 1.84. The first-order valence-electron chi connectivity index (χ1n) is 7.70. The quantitative estimate of drug-likeness (QED) is 0.810. The van der Waals surface area contributed by atoms with Gasteiger partial charge in [0.05, 0.1) is 11.5 Å². The average Bonchev–Trinajstić information content (AvgIpc) is 3.06. The number of ether oxygens (including phenoxy) is 1. The first-order chi connectivity index (χ1) is 9.57. The van der Waals surface area contributed by atoms with Crippen LogP contribution in [0.15, 0.2) is 0 Å². The SMILES string of the molecule is CCCC1(C(=O)O)CCN(C(=O)CCC2CCCO2)C1. The summed E-state index contributed by atoms with van der Waals surface area (Å²) in [7, 11) is 0. The van der Waals surface area contributed by atoms with Gasteiger partial charge in [-0.2, -0.15) is 0 Å². The Hall–Kier alpha value is -1.10. The predicted octanol–water partition coefficient (Wildman–Crippen LogP) is 2.05. The molecule has 2 atom stereocenters. The molecule has 0 bridgehead atoms. The molecule has 114 valence electrons. The molecule has 2 rings (SSSR count). The van der Waals surface area contributed by atoms with Gasteiger partial charge in [0, 0.05) is 26.1 Å². The maximum Gasteiger partial charge on any atom is 0.311 e. The molecule has 0 aromatic rings. The van der Waals surface area contributed by atoms with Crippen LogP contribution in [0.2, 0.25) is 0 Å². The van der Waals surface area contributed by atoms with Crippen LogP contribution in [0.1, 0.15) is 51.9 Å². The van der Waals surface area contributed by atoms with Crippen molar-refractivity contribution >= 4 is 11.9 Å². The Morgan fingerprint density at radius 1 is 1.45 bits per heavy atom. The third-order valence-electron chi connectivity index (χ3n) is 4.59. The number of amides is 1. The molecule has 0 saturated carbocycles. The van der Waals surface area contributed by atoms with E-state index < -0.39 is 11.4 Å². The highest BCUT2D eigenvalue weighted by atomic mass is 16.5. The number of carboxylic acids is 1. The smallest absolute Gasteiger partial charge is 0.311 e. The molecule has 0 radical (unpaired) electrons. The molecule has 2 fully saturated rings. The summed E-state index contributed by atoms with van der Waals surface area (Å²) in [5.41, 5.74) is -0.714. The van der Waals surface area contributed by atoms with Crippen LogP contribution in [0, 0.1) is 5.41 Å². The summed E-state index contributed by atoms with van der Waals surface area (Å²) in [5, 5.41) is 9.44. The number of carbonyl (C=O) groups excluding carboxylic acids is 1. The maximum atomic E-state index is 12.2. The van der Waals surface area contributed by atoms with Crippen LogP contribution in [0.3, 0.4) is 0 Å². The summed E-state index contributed by atoms with van der Waals surface area (Å²) in [5.74, 6) is -0.673. The first-order valence-corrected chi connectivity index (χ1v) is 7.70. The monoisotopic (exact) mass is 283 g/mol. The van der Waals surface area contributed by atoms with Gasteiger partial charge in [-0.05, 0) is 32.1 Å². The number of carboxylic acid groups (broad SMARTS) is 1. The Kier molecular flexibility index (Phi) is 5.02. The van der Waals surface area contributed by atoms with E-state index >= 15 is 0 Å². The molecule has 2 saturated heterocycles. The van der Waals surface area contributed by atoms with Gasteiger partial charge in [0.25, 0.3) is 0 Å². The number of carbonyl (C=O) groups is 2. The lowest BCUT2D eigenvalue weighted by Gasteiger charge is -2.24. The van der Waals surface area contributed by atoms with Crippen LogP contribution in [-0.2, 0) is 14.3 Å². The van der Waals surface area contributed by atoms with Crippen molar-refractivity contribution in [3.63, 3.8) is 0 Å². The van der Waals surface area contributed by atoms with Gasteiger partial charge < -0.3 is 14.7 Å². The lowest BCUT2D eigenvalue weighted by Crippen LogP contribution is -2.37. The molecule has 5 nitrogen and oxygen atoms in total. The Morgan fingerprint density at radius 2 is 2.25 bits per heavy atom. The third-order valence-corrected chi connectivity index (χ3v) is 4.59. The summed E-state index contributed by atoms with van der Waals surface area (Å²) in [4.78, 5) is 25.4. The molecule has 2 aliphatic heterocycles. The summed E-state index contributed by atoms with van der Waals surface area (Å²) >= 11 is 0. The van der Waals surface area contributed by atoms with Gasteiger partial charge in [0.15, 0.2) is 0 Å². The highest BCUT2D eigenvalue weighted by Gasteiger charge is 2.45. The van der Waals surface area contributed by atoms with E-state index in [9.17, 15) is 14.7 Å². The molecule has 0 aromatic carbocycles. The molecule has 1 amide bonds. The Labute approximate surface area is 120 Å². The number of rotatable bonds is 6. The predicted molar refractivity (Wildman–Crippen MR) is 74.4 cm³/mol. The minimum Gasteiger partial charge on any atom is -0.481 e. The zero-order valence-electron chi connectivity index (χ0n) is 12.3. The van der Waals surface area contributed by atoms with Crippen molar-refractivity contribution in [3.05, 3.63) is 0 Å². The minimum absolute atomic E-state index is 0.0831. The van der Waals surface area contributed by atoms with Gasteiger partial charge in [0.1, 0.15) is 0 Å². The molecule has 2 aliphatic rings. The number of aliphatic carboxylic acids is 1. The van der Waals surface area contributed by atoms with Crippen molar-refractivity contribution < 1.29 is 19.4 Å². The second kappa shape index (κ2) is 6.57. The first kappa shape index (κ1) is 15.3.